The van der Waals surface area contributed by atoms with E-state index >= 15 is 0 Å². The molecular weight excluding hydrogens is 266 g/mol. The molecule has 0 aromatic heterocycles. The van der Waals surface area contributed by atoms with Gasteiger partial charge < -0.3 is 5.11 Å². The van der Waals surface area contributed by atoms with Crippen molar-refractivity contribution in [3.63, 3.8) is 0 Å². The minimum Gasteiger partial charge on any atom is -0.481 e. The number of carboxylic acid groups (broad SMARTS) is 1. The molecule has 110 valence electrons. The molecule has 0 amide bonds. The molecule has 2 aromatic carbocycles. The lowest BCUT2D eigenvalue weighted by molar-refractivity contribution is -0.179. The maximum Gasteiger partial charge on any atom is 0.305 e. The summed E-state index contributed by atoms with van der Waals surface area (Å²) < 4.78 is 0. The zero-order chi connectivity index (χ0) is 14.9. The lowest BCUT2D eigenvalue weighted by Crippen LogP contribution is -2.24. The van der Waals surface area contributed by atoms with Crippen LogP contribution in [0.2, 0.25) is 0 Å². The van der Waals surface area contributed by atoms with Crippen molar-refractivity contribution in [3.8, 4) is 0 Å². The van der Waals surface area contributed by atoms with Gasteiger partial charge in [0.25, 0.3) is 0 Å². The zero-order valence-electron chi connectivity index (χ0n) is 11.8. The molecule has 1 N–H and O–H groups in total. The second-order valence-corrected chi connectivity index (χ2v) is 4.75. The maximum absolute atomic E-state index is 10.6. The van der Waals surface area contributed by atoms with E-state index in [1.165, 1.54) is 0 Å². The van der Waals surface area contributed by atoms with E-state index in [0.717, 1.165) is 11.1 Å². The van der Waals surface area contributed by atoms with Crippen molar-refractivity contribution >= 4 is 5.97 Å². The third-order valence-electron chi connectivity index (χ3n) is 2.99. The fourth-order valence-corrected chi connectivity index (χ4v) is 1.98. The Hall–Kier alpha value is -2.17. The summed E-state index contributed by atoms with van der Waals surface area (Å²) in [5.74, 6) is -0.852. The standard InChI is InChI=1S/C17H19NO3/c19-17(20)11-12-21-18(13-15-7-3-1-4-8-15)14-16-9-5-2-6-10-16/h1-10H,11-14H2,(H,19,20). The van der Waals surface area contributed by atoms with Gasteiger partial charge in [-0.25, -0.2) is 0 Å². The van der Waals surface area contributed by atoms with Gasteiger partial charge in [0.15, 0.2) is 0 Å². The molecule has 0 heterocycles. The van der Waals surface area contributed by atoms with E-state index in [0.29, 0.717) is 13.1 Å². The van der Waals surface area contributed by atoms with E-state index in [1.54, 1.807) is 5.06 Å². The highest BCUT2D eigenvalue weighted by Gasteiger charge is 2.09. The van der Waals surface area contributed by atoms with Crippen molar-refractivity contribution in [3.05, 3.63) is 71.8 Å². The number of nitrogens with zero attached hydrogens (tertiary/aromatic N) is 1. The second-order valence-electron chi connectivity index (χ2n) is 4.75. The largest absolute Gasteiger partial charge is 0.481 e. The summed E-state index contributed by atoms with van der Waals surface area (Å²) in [7, 11) is 0. The van der Waals surface area contributed by atoms with Gasteiger partial charge >= 0.3 is 5.97 Å². The lowest BCUT2D eigenvalue weighted by Gasteiger charge is -2.21. The number of benzene rings is 2. The summed E-state index contributed by atoms with van der Waals surface area (Å²) in [5, 5.41) is 10.5. The first-order valence-electron chi connectivity index (χ1n) is 6.91. The Kier molecular flexibility index (Phi) is 5.94. The molecule has 2 rings (SSSR count). The van der Waals surface area contributed by atoms with E-state index in [4.69, 9.17) is 9.94 Å². The first-order valence-corrected chi connectivity index (χ1v) is 6.91. The zero-order valence-corrected chi connectivity index (χ0v) is 11.8. The number of aliphatic carboxylic acids is 1. The van der Waals surface area contributed by atoms with Gasteiger partial charge in [-0.05, 0) is 11.1 Å². The van der Waals surface area contributed by atoms with Crippen LogP contribution in [0.25, 0.3) is 0 Å². The summed E-state index contributed by atoms with van der Waals surface area (Å²) in [6, 6.07) is 20.0. The number of hydrogen-bond donors (Lipinski definition) is 1. The SMILES string of the molecule is O=C(O)CCON(Cc1ccccc1)Cc1ccccc1. The van der Waals surface area contributed by atoms with Crippen LogP contribution in [0.3, 0.4) is 0 Å². The van der Waals surface area contributed by atoms with Crippen molar-refractivity contribution in [2.45, 2.75) is 19.5 Å². The number of hydroxylamine groups is 2. The highest BCUT2D eigenvalue weighted by Crippen LogP contribution is 2.10. The second kappa shape index (κ2) is 8.19. The van der Waals surface area contributed by atoms with Gasteiger partial charge in [0.1, 0.15) is 0 Å². The third kappa shape index (κ3) is 5.77. The summed E-state index contributed by atoms with van der Waals surface area (Å²) in [4.78, 5) is 16.2. The van der Waals surface area contributed by atoms with Crippen LogP contribution in [-0.4, -0.2) is 22.7 Å². The monoisotopic (exact) mass is 285 g/mol. The Labute approximate surface area is 124 Å². The van der Waals surface area contributed by atoms with E-state index in [1.807, 2.05) is 60.7 Å². The third-order valence-corrected chi connectivity index (χ3v) is 2.99. The molecule has 4 heteroatoms. The molecule has 21 heavy (non-hydrogen) atoms. The molecule has 0 atom stereocenters. The fraction of sp³-hybridized carbons (Fsp3) is 0.235. The Morgan fingerprint density at radius 3 is 1.81 bits per heavy atom. The highest BCUT2D eigenvalue weighted by atomic mass is 16.7. The normalized spacial score (nSPS) is 10.7. The molecule has 0 radical (unpaired) electrons. The number of hydrogen-bond acceptors (Lipinski definition) is 3. The van der Waals surface area contributed by atoms with Gasteiger partial charge in [-0.3, -0.25) is 9.63 Å². The van der Waals surface area contributed by atoms with Gasteiger partial charge in [0, 0.05) is 13.1 Å². The Morgan fingerprint density at radius 2 is 1.38 bits per heavy atom. The van der Waals surface area contributed by atoms with Crippen LogP contribution in [0.4, 0.5) is 0 Å². The molecule has 0 spiro atoms. The van der Waals surface area contributed by atoms with Crippen molar-refractivity contribution < 1.29 is 14.7 Å². The van der Waals surface area contributed by atoms with E-state index in [9.17, 15) is 4.79 Å². The summed E-state index contributed by atoms with van der Waals surface area (Å²) in [5.41, 5.74) is 2.26. The fourth-order valence-electron chi connectivity index (χ4n) is 1.98. The average Bonchev–Trinajstić information content (AvgIpc) is 2.49. The van der Waals surface area contributed by atoms with Crippen molar-refractivity contribution in [1.82, 2.24) is 5.06 Å². The first-order chi connectivity index (χ1) is 10.2. The predicted molar refractivity (Wildman–Crippen MR) is 80.3 cm³/mol. The average molecular weight is 285 g/mol. The Morgan fingerprint density at radius 1 is 0.905 bits per heavy atom. The van der Waals surface area contributed by atoms with Crippen LogP contribution in [0, 0.1) is 0 Å². The molecule has 0 saturated heterocycles. The summed E-state index contributed by atoms with van der Waals surface area (Å²) >= 11 is 0. The van der Waals surface area contributed by atoms with Crippen LogP contribution in [0.5, 0.6) is 0 Å². The van der Waals surface area contributed by atoms with Crippen molar-refractivity contribution in [1.29, 1.82) is 0 Å². The molecule has 0 aliphatic carbocycles. The molecule has 2 aromatic rings. The van der Waals surface area contributed by atoms with Crippen LogP contribution in [0.1, 0.15) is 17.5 Å². The number of rotatable bonds is 8. The summed E-state index contributed by atoms with van der Waals surface area (Å²) in [6.07, 6.45) is 0.0000787. The highest BCUT2D eigenvalue weighted by molar-refractivity contribution is 5.66. The molecule has 0 aliphatic rings. The number of carbonyl (C=O) groups is 1. The topological polar surface area (TPSA) is 49.8 Å². The van der Waals surface area contributed by atoms with Crippen LogP contribution >= 0.6 is 0 Å². The number of carboxylic acids is 1. The van der Waals surface area contributed by atoms with E-state index in [-0.39, 0.29) is 13.0 Å². The van der Waals surface area contributed by atoms with E-state index < -0.39 is 5.97 Å². The quantitative estimate of drug-likeness (QED) is 0.757. The molecule has 0 bridgehead atoms. The van der Waals surface area contributed by atoms with Crippen LogP contribution in [0.15, 0.2) is 60.7 Å². The molecule has 0 aliphatic heterocycles. The minimum absolute atomic E-state index is 0.0000787. The first kappa shape index (κ1) is 15.2. The van der Waals surface area contributed by atoms with Gasteiger partial charge in [0.05, 0.1) is 13.0 Å². The van der Waals surface area contributed by atoms with E-state index in [2.05, 4.69) is 0 Å². The van der Waals surface area contributed by atoms with Gasteiger partial charge in [-0.15, -0.1) is 0 Å². The maximum atomic E-state index is 10.6. The van der Waals surface area contributed by atoms with Crippen molar-refractivity contribution in [2.75, 3.05) is 6.61 Å². The predicted octanol–water partition coefficient (Wildman–Crippen LogP) is 3.10. The van der Waals surface area contributed by atoms with Crippen LogP contribution in [-0.2, 0) is 22.7 Å². The minimum atomic E-state index is -0.852. The Bertz CT molecular complexity index is 501. The van der Waals surface area contributed by atoms with Gasteiger partial charge in [-0.2, -0.15) is 5.06 Å². The molecule has 0 saturated carbocycles. The summed E-state index contributed by atoms with van der Waals surface area (Å²) in [6.45, 7) is 1.42. The molecule has 0 fully saturated rings. The lowest BCUT2D eigenvalue weighted by atomic mass is 10.2. The Balaban J connectivity index is 1.97. The van der Waals surface area contributed by atoms with Crippen LogP contribution < -0.4 is 0 Å². The van der Waals surface area contributed by atoms with Crippen molar-refractivity contribution in [2.24, 2.45) is 0 Å². The van der Waals surface area contributed by atoms with Gasteiger partial charge in [0.2, 0.25) is 0 Å². The van der Waals surface area contributed by atoms with Gasteiger partial charge in [-0.1, -0.05) is 60.7 Å². The molecule has 4 nitrogen and oxygen atoms in total. The molecule has 0 unspecified atom stereocenters. The smallest absolute Gasteiger partial charge is 0.305 e. The molecular formula is C17H19NO3.